The Labute approximate surface area is 166 Å². The lowest BCUT2D eigenvalue weighted by molar-refractivity contribution is 0.281. The van der Waals surface area contributed by atoms with Gasteiger partial charge in [-0.15, -0.1) is 23.1 Å². The van der Waals surface area contributed by atoms with Gasteiger partial charge in [0, 0.05) is 34.5 Å². The first-order chi connectivity index (χ1) is 12.7. The van der Waals surface area contributed by atoms with Crippen LogP contribution in [0.15, 0.2) is 39.5 Å². The van der Waals surface area contributed by atoms with E-state index in [1.807, 2.05) is 23.1 Å². The summed E-state index contributed by atoms with van der Waals surface area (Å²) in [5.41, 5.74) is 3.21. The summed E-state index contributed by atoms with van der Waals surface area (Å²) in [4.78, 5) is 7.52. The molecule has 4 heteroatoms. The molecule has 0 saturated heterocycles. The van der Waals surface area contributed by atoms with E-state index in [2.05, 4.69) is 54.3 Å². The van der Waals surface area contributed by atoms with Crippen molar-refractivity contribution in [3.8, 4) is 0 Å². The number of hydrogen-bond donors (Lipinski definition) is 0. The molecular formula is C22H32N2S2. The van der Waals surface area contributed by atoms with Crippen molar-refractivity contribution in [2.75, 3.05) is 12.8 Å². The summed E-state index contributed by atoms with van der Waals surface area (Å²) < 4.78 is 2.55. The van der Waals surface area contributed by atoms with Gasteiger partial charge in [0.25, 0.3) is 0 Å². The molecule has 2 aromatic rings. The van der Waals surface area contributed by atoms with Crippen molar-refractivity contribution in [2.24, 2.45) is 4.99 Å². The summed E-state index contributed by atoms with van der Waals surface area (Å²) in [6, 6.07) is 9.30. The summed E-state index contributed by atoms with van der Waals surface area (Å²) >= 11 is 3.67. The zero-order valence-corrected chi connectivity index (χ0v) is 18.1. The van der Waals surface area contributed by atoms with E-state index in [-0.39, 0.29) is 5.41 Å². The van der Waals surface area contributed by atoms with Crippen molar-refractivity contribution in [2.45, 2.75) is 75.6 Å². The first-order valence-electron chi connectivity index (χ1n) is 10.1. The van der Waals surface area contributed by atoms with Crippen molar-refractivity contribution < 1.29 is 0 Å². The lowest BCUT2D eigenvalue weighted by Gasteiger charge is -2.43. The quantitative estimate of drug-likeness (QED) is 0.367. The normalized spacial score (nSPS) is 16.7. The van der Waals surface area contributed by atoms with Crippen molar-refractivity contribution in [3.05, 3.63) is 45.7 Å². The van der Waals surface area contributed by atoms with Gasteiger partial charge in [0.05, 0.1) is 0 Å². The molecule has 1 heterocycles. The Kier molecular flexibility index (Phi) is 7.05. The summed E-state index contributed by atoms with van der Waals surface area (Å²) in [7, 11) is 0. The maximum atomic E-state index is 4.94. The Morgan fingerprint density at radius 1 is 1.12 bits per heavy atom. The topological polar surface area (TPSA) is 17.3 Å². The first kappa shape index (κ1) is 19.8. The molecule has 2 nitrogen and oxygen atoms in total. The van der Waals surface area contributed by atoms with E-state index in [9.17, 15) is 0 Å². The average Bonchev–Trinajstić information content (AvgIpc) is 3.03. The molecule has 3 rings (SSSR count). The molecule has 1 aromatic heterocycles. The molecule has 0 radical (unpaired) electrons. The van der Waals surface area contributed by atoms with Crippen LogP contribution in [0.4, 0.5) is 0 Å². The van der Waals surface area contributed by atoms with E-state index in [4.69, 9.17) is 4.99 Å². The second kappa shape index (κ2) is 9.27. The predicted molar refractivity (Wildman–Crippen MR) is 115 cm³/mol. The molecular weight excluding hydrogens is 356 g/mol. The molecule has 1 aliphatic carbocycles. The highest BCUT2D eigenvalue weighted by Gasteiger charge is 2.42. The lowest BCUT2D eigenvalue weighted by Crippen LogP contribution is -2.39. The number of aromatic nitrogens is 1. The molecule has 1 aliphatic rings. The fourth-order valence-electron chi connectivity index (χ4n) is 3.83. The Hall–Kier alpha value is -1.00. The summed E-state index contributed by atoms with van der Waals surface area (Å²) in [6.07, 6.45) is 10.9. The van der Waals surface area contributed by atoms with Crippen LogP contribution in [-0.2, 0) is 12.0 Å². The van der Waals surface area contributed by atoms with Crippen molar-refractivity contribution in [3.63, 3.8) is 0 Å². The van der Waals surface area contributed by atoms with E-state index in [0.29, 0.717) is 0 Å². The van der Waals surface area contributed by atoms with Crippen LogP contribution < -0.4 is 4.80 Å². The van der Waals surface area contributed by atoms with Gasteiger partial charge in [-0.1, -0.05) is 45.2 Å². The molecule has 0 atom stereocenters. The van der Waals surface area contributed by atoms with E-state index < -0.39 is 0 Å². The standard InChI is InChI=1S/C22H32N2S2/c1-4-6-15-23-21-24(16-7-5-2)20(17-26-21)22(13-8-14-22)18-9-11-19(25-3)12-10-18/h9-12,17H,4-8,13-16H2,1-3H3/b23-21+. The Morgan fingerprint density at radius 2 is 1.85 bits per heavy atom. The Bertz CT molecular complexity index is 751. The molecule has 26 heavy (non-hydrogen) atoms. The molecule has 0 unspecified atom stereocenters. The van der Waals surface area contributed by atoms with Gasteiger partial charge in [0.15, 0.2) is 4.80 Å². The van der Waals surface area contributed by atoms with Gasteiger partial charge in [-0.05, 0) is 49.6 Å². The molecule has 1 aromatic carbocycles. The van der Waals surface area contributed by atoms with E-state index in [0.717, 1.165) is 13.1 Å². The number of nitrogens with zero attached hydrogens (tertiary/aromatic N) is 2. The molecule has 1 saturated carbocycles. The average molecular weight is 389 g/mol. The summed E-state index contributed by atoms with van der Waals surface area (Å²) in [5.74, 6) is 0. The van der Waals surface area contributed by atoms with Gasteiger partial charge in [-0.2, -0.15) is 0 Å². The lowest BCUT2D eigenvalue weighted by atomic mass is 9.62. The fraction of sp³-hybridized carbons (Fsp3) is 0.591. The number of hydrogen-bond acceptors (Lipinski definition) is 3. The minimum atomic E-state index is 0.208. The molecule has 0 aliphatic heterocycles. The second-order valence-electron chi connectivity index (χ2n) is 7.31. The molecule has 1 fully saturated rings. The predicted octanol–water partition coefficient (Wildman–Crippen LogP) is 6.24. The largest absolute Gasteiger partial charge is 0.320 e. The van der Waals surface area contributed by atoms with Crippen molar-refractivity contribution in [1.29, 1.82) is 0 Å². The van der Waals surface area contributed by atoms with Crippen LogP contribution in [0, 0.1) is 0 Å². The molecule has 0 amide bonds. The van der Waals surface area contributed by atoms with Gasteiger partial charge < -0.3 is 4.57 Å². The van der Waals surface area contributed by atoms with E-state index in [1.165, 1.54) is 65.9 Å². The van der Waals surface area contributed by atoms with Crippen LogP contribution in [0.1, 0.15) is 70.1 Å². The second-order valence-corrected chi connectivity index (χ2v) is 9.02. The number of rotatable bonds is 9. The number of benzene rings is 1. The highest BCUT2D eigenvalue weighted by Crippen LogP contribution is 2.49. The van der Waals surface area contributed by atoms with Crippen LogP contribution >= 0.6 is 23.1 Å². The summed E-state index contributed by atoms with van der Waals surface area (Å²) in [5, 5.41) is 2.40. The zero-order chi connectivity index (χ0) is 18.4. The zero-order valence-electron chi connectivity index (χ0n) is 16.5. The molecule has 142 valence electrons. The molecule has 0 N–H and O–H groups in total. The molecule has 0 bridgehead atoms. The van der Waals surface area contributed by atoms with Gasteiger partial charge >= 0.3 is 0 Å². The Morgan fingerprint density at radius 3 is 2.42 bits per heavy atom. The summed E-state index contributed by atoms with van der Waals surface area (Å²) in [6.45, 7) is 6.58. The third-order valence-electron chi connectivity index (χ3n) is 5.63. The van der Waals surface area contributed by atoms with Gasteiger partial charge in [0.2, 0.25) is 0 Å². The highest BCUT2D eigenvalue weighted by atomic mass is 32.2. The van der Waals surface area contributed by atoms with Crippen molar-refractivity contribution in [1.82, 2.24) is 4.57 Å². The maximum Gasteiger partial charge on any atom is 0.184 e. The molecule has 0 spiro atoms. The SMILES string of the molecule is CCCC/N=c1/scc(C2(c3ccc(SC)cc3)CCC2)n1CCCC. The van der Waals surface area contributed by atoms with E-state index in [1.54, 1.807) is 0 Å². The van der Waals surface area contributed by atoms with E-state index >= 15 is 0 Å². The van der Waals surface area contributed by atoms with Gasteiger partial charge in [0.1, 0.15) is 0 Å². The van der Waals surface area contributed by atoms with Gasteiger partial charge in [-0.3, -0.25) is 4.99 Å². The van der Waals surface area contributed by atoms with Crippen LogP contribution in [0.3, 0.4) is 0 Å². The monoisotopic (exact) mass is 388 g/mol. The maximum absolute atomic E-state index is 4.94. The third-order valence-corrected chi connectivity index (χ3v) is 7.28. The smallest absolute Gasteiger partial charge is 0.184 e. The van der Waals surface area contributed by atoms with Gasteiger partial charge in [-0.25, -0.2) is 0 Å². The fourth-order valence-corrected chi connectivity index (χ4v) is 5.29. The first-order valence-corrected chi connectivity index (χ1v) is 12.2. The van der Waals surface area contributed by atoms with Crippen LogP contribution in [0.5, 0.6) is 0 Å². The van der Waals surface area contributed by atoms with Crippen LogP contribution in [-0.4, -0.2) is 17.4 Å². The number of thioether (sulfide) groups is 1. The number of unbranched alkanes of at least 4 members (excludes halogenated alkanes) is 2. The third kappa shape index (κ3) is 3.96. The van der Waals surface area contributed by atoms with Crippen LogP contribution in [0.25, 0.3) is 0 Å². The minimum Gasteiger partial charge on any atom is -0.320 e. The minimum absolute atomic E-state index is 0.208. The number of thiazole rings is 1. The van der Waals surface area contributed by atoms with Crippen molar-refractivity contribution >= 4 is 23.1 Å². The van der Waals surface area contributed by atoms with Crippen LogP contribution in [0.2, 0.25) is 0 Å². The highest BCUT2D eigenvalue weighted by molar-refractivity contribution is 7.98. The Balaban J connectivity index is 2.00.